The van der Waals surface area contributed by atoms with E-state index in [4.69, 9.17) is 4.74 Å². The molecule has 100 valence electrons. The van der Waals surface area contributed by atoms with Crippen molar-refractivity contribution in [2.24, 2.45) is 0 Å². The smallest absolute Gasteiger partial charge is 0.238 e. The van der Waals surface area contributed by atoms with E-state index in [9.17, 15) is 4.79 Å². The molecule has 1 N–H and O–H groups in total. The maximum Gasteiger partial charge on any atom is 0.238 e. The molecule has 1 aromatic carbocycles. The van der Waals surface area contributed by atoms with Gasteiger partial charge in [0, 0.05) is 11.8 Å². The Morgan fingerprint density at radius 3 is 2.61 bits per heavy atom. The first kappa shape index (κ1) is 14.5. The van der Waals surface area contributed by atoms with Crippen molar-refractivity contribution in [2.75, 3.05) is 31.6 Å². The average molecular weight is 250 g/mol. The summed E-state index contributed by atoms with van der Waals surface area (Å²) in [6.45, 7) is 8.83. The number of ether oxygens (including phenoxy) is 1. The Morgan fingerprint density at radius 1 is 1.28 bits per heavy atom. The zero-order chi connectivity index (χ0) is 13.4. The van der Waals surface area contributed by atoms with E-state index >= 15 is 0 Å². The molecular formula is C14H22N2O2. The lowest BCUT2D eigenvalue weighted by molar-refractivity contribution is -0.117. The van der Waals surface area contributed by atoms with Gasteiger partial charge in [0.2, 0.25) is 5.91 Å². The Labute approximate surface area is 109 Å². The minimum Gasteiger partial charge on any atom is -0.494 e. The molecule has 0 fully saturated rings. The summed E-state index contributed by atoms with van der Waals surface area (Å²) < 4.78 is 5.39. The molecule has 0 radical (unpaired) electrons. The second-order valence-electron chi connectivity index (χ2n) is 3.97. The van der Waals surface area contributed by atoms with Gasteiger partial charge in [-0.1, -0.05) is 19.9 Å². The van der Waals surface area contributed by atoms with Gasteiger partial charge in [-0.3, -0.25) is 9.69 Å². The molecule has 0 aliphatic carbocycles. The second kappa shape index (κ2) is 7.71. The highest BCUT2D eigenvalue weighted by molar-refractivity contribution is 5.92. The second-order valence-corrected chi connectivity index (χ2v) is 3.97. The van der Waals surface area contributed by atoms with Crippen LogP contribution >= 0.6 is 0 Å². The molecule has 0 spiro atoms. The maximum absolute atomic E-state index is 11.8. The molecule has 0 heterocycles. The lowest BCUT2D eigenvalue weighted by atomic mass is 10.3. The standard InChI is InChI=1S/C14H22N2O2/c1-4-16(5-2)11-14(17)15-12-8-7-9-13(10-12)18-6-3/h7-10H,4-6,11H2,1-3H3,(H,15,17). The van der Waals surface area contributed by atoms with Crippen molar-refractivity contribution in [3.63, 3.8) is 0 Å². The summed E-state index contributed by atoms with van der Waals surface area (Å²) in [5, 5.41) is 2.88. The van der Waals surface area contributed by atoms with Crippen molar-refractivity contribution in [3.8, 4) is 5.75 Å². The van der Waals surface area contributed by atoms with Gasteiger partial charge in [0.05, 0.1) is 13.2 Å². The average Bonchev–Trinajstić information content (AvgIpc) is 2.36. The number of carbonyl (C=O) groups is 1. The van der Waals surface area contributed by atoms with Crippen LogP contribution in [0.2, 0.25) is 0 Å². The lowest BCUT2D eigenvalue weighted by Gasteiger charge is -2.17. The van der Waals surface area contributed by atoms with Gasteiger partial charge in [-0.25, -0.2) is 0 Å². The quantitative estimate of drug-likeness (QED) is 0.807. The predicted octanol–water partition coefficient (Wildman–Crippen LogP) is 2.37. The predicted molar refractivity (Wildman–Crippen MR) is 74.0 cm³/mol. The van der Waals surface area contributed by atoms with Gasteiger partial charge in [0.25, 0.3) is 0 Å². The van der Waals surface area contributed by atoms with Crippen LogP contribution in [0.3, 0.4) is 0 Å². The lowest BCUT2D eigenvalue weighted by Crippen LogP contribution is -2.32. The van der Waals surface area contributed by atoms with E-state index in [0.29, 0.717) is 13.2 Å². The molecule has 0 atom stereocenters. The van der Waals surface area contributed by atoms with Gasteiger partial charge in [0.15, 0.2) is 0 Å². The van der Waals surface area contributed by atoms with Crippen molar-refractivity contribution in [2.45, 2.75) is 20.8 Å². The summed E-state index contributed by atoms with van der Waals surface area (Å²) >= 11 is 0. The number of benzene rings is 1. The third-order valence-corrected chi connectivity index (χ3v) is 2.69. The Bertz CT molecular complexity index is 376. The van der Waals surface area contributed by atoms with Gasteiger partial charge in [-0.2, -0.15) is 0 Å². The van der Waals surface area contributed by atoms with Crippen molar-refractivity contribution in [3.05, 3.63) is 24.3 Å². The van der Waals surface area contributed by atoms with Crippen molar-refractivity contribution < 1.29 is 9.53 Å². The highest BCUT2D eigenvalue weighted by Crippen LogP contribution is 2.17. The van der Waals surface area contributed by atoms with Crippen LogP contribution in [0, 0.1) is 0 Å². The fourth-order valence-corrected chi connectivity index (χ4v) is 1.68. The summed E-state index contributed by atoms with van der Waals surface area (Å²) in [5.74, 6) is 0.783. The number of likely N-dealkylation sites (N-methyl/N-ethyl adjacent to an activating group) is 1. The Hall–Kier alpha value is -1.55. The van der Waals surface area contributed by atoms with Crippen molar-refractivity contribution >= 4 is 11.6 Å². The molecule has 1 rings (SSSR count). The van der Waals surface area contributed by atoms with E-state index in [2.05, 4.69) is 10.2 Å². The van der Waals surface area contributed by atoms with Gasteiger partial charge < -0.3 is 10.1 Å². The number of rotatable bonds is 7. The summed E-state index contributed by atoms with van der Waals surface area (Å²) in [6.07, 6.45) is 0. The third-order valence-electron chi connectivity index (χ3n) is 2.69. The topological polar surface area (TPSA) is 41.6 Å². The van der Waals surface area contributed by atoms with Gasteiger partial charge in [-0.15, -0.1) is 0 Å². The monoisotopic (exact) mass is 250 g/mol. The molecule has 0 saturated carbocycles. The Morgan fingerprint density at radius 2 is 2.00 bits per heavy atom. The molecule has 0 aliphatic rings. The van der Waals surface area contributed by atoms with Gasteiger partial charge >= 0.3 is 0 Å². The Balaban J connectivity index is 2.55. The zero-order valence-electron chi connectivity index (χ0n) is 11.4. The summed E-state index contributed by atoms with van der Waals surface area (Å²) in [5.41, 5.74) is 0.776. The highest BCUT2D eigenvalue weighted by Gasteiger charge is 2.07. The molecule has 0 aromatic heterocycles. The maximum atomic E-state index is 11.8. The molecular weight excluding hydrogens is 228 g/mol. The molecule has 1 aromatic rings. The molecule has 1 amide bonds. The first-order chi connectivity index (χ1) is 8.69. The number of hydrogen-bond acceptors (Lipinski definition) is 3. The fraction of sp³-hybridized carbons (Fsp3) is 0.500. The van der Waals surface area contributed by atoms with E-state index in [1.165, 1.54) is 0 Å². The molecule has 0 saturated heterocycles. The number of nitrogens with zero attached hydrogens (tertiary/aromatic N) is 1. The van der Waals surface area contributed by atoms with Crippen LogP contribution in [0.5, 0.6) is 5.75 Å². The zero-order valence-corrected chi connectivity index (χ0v) is 11.4. The number of carbonyl (C=O) groups excluding carboxylic acids is 1. The number of hydrogen-bond donors (Lipinski definition) is 1. The number of anilines is 1. The number of amides is 1. The van der Waals surface area contributed by atoms with Crippen LogP contribution in [0.15, 0.2) is 24.3 Å². The minimum absolute atomic E-state index is 0.00680. The third kappa shape index (κ3) is 4.75. The van der Waals surface area contributed by atoms with E-state index in [0.717, 1.165) is 24.5 Å². The molecule has 4 heteroatoms. The molecule has 0 unspecified atom stereocenters. The van der Waals surface area contributed by atoms with E-state index in [1.807, 2.05) is 45.0 Å². The largest absolute Gasteiger partial charge is 0.494 e. The SMILES string of the molecule is CCOc1cccc(NC(=O)CN(CC)CC)c1. The van der Waals surface area contributed by atoms with Crippen LogP contribution in [0.25, 0.3) is 0 Å². The van der Waals surface area contributed by atoms with Crippen LogP contribution in [-0.4, -0.2) is 37.0 Å². The molecule has 4 nitrogen and oxygen atoms in total. The molecule has 0 aliphatic heterocycles. The fourth-order valence-electron chi connectivity index (χ4n) is 1.68. The van der Waals surface area contributed by atoms with Gasteiger partial charge in [0.1, 0.15) is 5.75 Å². The highest BCUT2D eigenvalue weighted by atomic mass is 16.5. The normalized spacial score (nSPS) is 10.4. The van der Waals surface area contributed by atoms with Crippen LogP contribution in [0.4, 0.5) is 5.69 Å². The van der Waals surface area contributed by atoms with E-state index in [1.54, 1.807) is 0 Å². The van der Waals surface area contributed by atoms with Crippen molar-refractivity contribution in [1.82, 2.24) is 4.90 Å². The van der Waals surface area contributed by atoms with Crippen molar-refractivity contribution in [1.29, 1.82) is 0 Å². The minimum atomic E-state index is 0.00680. The summed E-state index contributed by atoms with van der Waals surface area (Å²) in [7, 11) is 0. The number of nitrogens with one attached hydrogen (secondary N) is 1. The van der Waals surface area contributed by atoms with Crippen LogP contribution in [0.1, 0.15) is 20.8 Å². The molecule has 0 bridgehead atoms. The first-order valence-corrected chi connectivity index (χ1v) is 6.44. The molecule has 18 heavy (non-hydrogen) atoms. The van der Waals surface area contributed by atoms with Gasteiger partial charge in [-0.05, 0) is 32.1 Å². The summed E-state index contributed by atoms with van der Waals surface area (Å²) in [6, 6.07) is 7.45. The Kier molecular flexibility index (Phi) is 6.22. The summed E-state index contributed by atoms with van der Waals surface area (Å²) in [4.78, 5) is 13.9. The van der Waals surface area contributed by atoms with Crippen LogP contribution < -0.4 is 10.1 Å². The van der Waals surface area contributed by atoms with E-state index in [-0.39, 0.29) is 5.91 Å². The van der Waals surface area contributed by atoms with Crippen LogP contribution in [-0.2, 0) is 4.79 Å². The van der Waals surface area contributed by atoms with E-state index < -0.39 is 0 Å². The first-order valence-electron chi connectivity index (χ1n) is 6.44.